The van der Waals surface area contributed by atoms with E-state index in [0.717, 1.165) is 46.5 Å². The Hall–Kier alpha value is -2.95. The van der Waals surface area contributed by atoms with Crippen molar-refractivity contribution >= 4 is 16.8 Å². The average molecular weight is 392 g/mol. The number of aromatic nitrogens is 1. The van der Waals surface area contributed by atoms with Gasteiger partial charge in [-0.25, -0.2) is 0 Å². The molecule has 1 saturated heterocycles. The first-order chi connectivity index (χ1) is 14.1. The minimum atomic E-state index is 0.0412. The minimum absolute atomic E-state index is 0.0412. The number of methoxy groups -OCH3 is 2. The summed E-state index contributed by atoms with van der Waals surface area (Å²) in [6.45, 7) is 4.27. The van der Waals surface area contributed by atoms with Crippen LogP contribution in [0.1, 0.15) is 44.7 Å². The van der Waals surface area contributed by atoms with E-state index in [-0.39, 0.29) is 18.0 Å². The van der Waals surface area contributed by atoms with Crippen molar-refractivity contribution in [2.24, 2.45) is 0 Å². The number of aromatic amines is 1. The predicted molar refractivity (Wildman–Crippen MR) is 115 cm³/mol. The summed E-state index contributed by atoms with van der Waals surface area (Å²) in [5, 5.41) is 1.15. The Labute approximate surface area is 171 Å². The molecule has 4 rings (SSSR count). The van der Waals surface area contributed by atoms with Gasteiger partial charge in [-0.2, -0.15) is 0 Å². The summed E-state index contributed by atoms with van der Waals surface area (Å²) < 4.78 is 11.1. The molecule has 0 unspecified atom stereocenters. The van der Waals surface area contributed by atoms with Crippen LogP contribution in [0, 0.1) is 0 Å². The van der Waals surface area contributed by atoms with Crippen molar-refractivity contribution in [3.05, 3.63) is 48.0 Å². The fraction of sp³-hybridized carbons (Fsp3) is 0.375. The summed E-state index contributed by atoms with van der Waals surface area (Å²) in [5.74, 6) is 1.78. The normalized spacial score (nSPS) is 17.7. The highest BCUT2D eigenvalue weighted by Crippen LogP contribution is 2.46. The third-order valence-electron chi connectivity index (χ3n) is 6.08. The number of carbonyl (C=O) groups is 1. The molecule has 5 heteroatoms. The molecule has 29 heavy (non-hydrogen) atoms. The molecule has 1 N–H and O–H groups in total. The van der Waals surface area contributed by atoms with Gasteiger partial charge in [0.1, 0.15) is 11.5 Å². The van der Waals surface area contributed by atoms with Gasteiger partial charge in [0.15, 0.2) is 0 Å². The van der Waals surface area contributed by atoms with Crippen LogP contribution in [0.2, 0.25) is 0 Å². The van der Waals surface area contributed by atoms with E-state index >= 15 is 0 Å². The second-order valence-corrected chi connectivity index (χ2v) is 7.64. The first kappa shape index (κ1) is 19.4. The van der Waals surface area contributed by atoms with Crippen molar-refractivity contribution in [2.45, 2.75) is 45.2 Å². The lowest BCUT2D eigenvalue weighted by Crippen LogP contribution is -2.35. The van der Waals surface area contributed by atoms with Crippen LogP contribution >= 0.6 is 0 Å². The summed E-state index contributed by atoms with van der Waals surface area (Å²) in [4.78, 5) is 18.4. The number of amides is 1. The zero-order chi connectivity index (χ0) is 20.5. The number of para-hydroxylation sites is 1. The maximum absolute atomic E-state index is 12.8. The number of likely N-dealkylation sites (tertiary alicyclic amines) is 1. The average Bonchev–Trinajstić information content (AvgIpc) is 3.32. The van der Waals surface area contributed by atoms with Crippen LogP contribution in [0.5, 0.6) is 11.5 Å². The van der Waals surface area contributed by atoms with Crippen LogP contribution < -0.4 is 9.47 Å². The Morgan fingerprint density at radius 1 is 1.17 bits per heavy atom. The van der Waals surface area contributed by atoms with E-state index in [1.807, 2.05) is 24.3 Å². The molecule has 1 amide bonds. The fourth-order valence-electron chi connectivity index (χ4n) is 4.47. The van der Waals surface area contributed by atoms with E-state index in [1.165, 1.54) is 5.56 Å². The van der Waals surface area contributed by atoms with Crippen molar-refractivity contribution in [3.63, 3.8) is 0 Å². The quantitative estimate of drug-likeness (QED) is 0.618. The van der Waals surface area contributed by atoms with Gasteiger partial charge in [-0.3, -0.25) is 4.79 Å². The van der Waals surface area contributed by atoms with E-state index in [1.54, 1.807) is 14.2 Å². The zero-order valence-electron chi connectivity index (χ0n) is 17.5. The van der Waals surface area contributed by atoms with Crippen LogP contribution in [0.4, 0.5) is 0 Å². The second kappa shape index (κ2) is 7.82. The maximum Gasteiger partial charge on any atom is 0.223 e. The van der Waals surface area contributed by atoms with Crippen LogP contribution in [0.3, 0.4) is 0 Å². The second-order valence-electron chi connectivity index (χ2n) is 7.64. The Morgan fingerprint density at radius 2 is 1.97 bits per heavy atom. The summed E-state index contributed by atoms with van der Waals surface area (Å²) >= 11 is 0. The van der Waals surface area contributed by atoms with Crippen molar-refractivity contribution in [3.8, 4) is 22.8 Å². The molecule has 1 aliphatic heterocycles. The molecule has 2 heterocycles. The fourth-order valence-corrected chi connectivity index (χ4v) is 4.47. The van der Waals surface area contributed by atoms with Gasteiger partial charge in [0.25, 0.3) is 0 Å². The molecule has 1 aromatic heterocycles. The lowest BCUT2D eigenvalue weighted by atomic mass is 9.95. The standard InChI is InChI=1S/C24H28N2O3/c1-5-15(2)26-20(11-13-22(26)27)23-17-8-6-7-9-19(17)25-24(23)18-14-16(28-3)10-12-21(18)29-4/h6-10,12,14-15,20,25H,5,11,13H2,1-4H3/t15-,20+/m1/s1. The van der Waals surface area contributed by atoms with Crippen molar-refractivity contribution in [1.29, 1.82) is 0 Å². The van der Waals surface area contributed by atoms with Crippen LogP contribution in [0.25, 0.3) is 22.2 Å². The molecule has 3 aromatic rings. The molecular formula is C24H28N2O3. The summed E-state index contributed by atoms with van der Waals surface area (Å²) in [5.41, 5.74) is 4.17. The molecule has 0 bridgehead atoms. The van der Waals surface area contributed by atoms with E-state index < -0.39 is 0 Å². The number of benzene rings is 2. The molecule has 0 saturated carbocycles. The Bertz CT molecular complexity index is 1040. The van der Waals surface area contributed by atoms with Crippen LogP contribution in [-0.2, 0) is 4.79 Å². The first-order valence-electron chi connectivity index (χ1n) is 10.2. The molecule has 1 fully saturated rings. The molecular weight excluding hydrogens is 364 g/mol. The molecule has 152 valence electrons. The summed E-state index contributed by atoms with van der Waals surface area (Å²) in [6, 6.07) is 14.4. The smallest absolute Gasteiger partial charge is 0.223 e. The van der Waals surface area contributed by atoms with Gasteiger partial charge in [0, 0.05) is 34.5 Å². The zero-order valence-corrected chi connectivity index (χ0v) is 17.5. The third-order valence-corrected chi connectivity index (χ3v) is 6.08. The number of carbonyl (C=O) groups excluding carboxylic acids is 1. The third kappa shape index (κ3) is 3.24. The molecule has 5 nitrogen and oxygen atoms in total. The van der Waals surface area contributed by atoms with E-state index in [0.29, 0.717) is 6.42 Å². The maximum atomic E-state index is 12.8. The van der Waals surface area contributed by atoms with Crippen LogP contribution in [-0.4, -0.2) is 36.1 Å². The number of fused-ring (bicyclic) bond motifs is 1. The lowest BCUT2D eigenvalue weighted by Gasteiger charge is -2.31. The van der Waals surface area contributed by atoms with Gasteiger partial charge in [-0.1, -0.05) is 25.1 Å². The Morgan fingerprint density at radius 3 is 2.69 bits per heavy atom. The topological polar surface area (TPSA) is 54.6 Å². The number of nitrogens with zero attached hydrogens (tertiary/aromatic N) is 1. The summed E-state index contributed by atoms with van der Waals surface area (Å²) in [6.07, 6.45) is 2.34. The van der Waals surface area contributed by atoms with Crippen LogP contribution in [0.15, 0.2) is 42.5 Å². The van der Waals surface area contributed by atoms with Crippen molar-refractivity contribution in [1.82, 2.24) is 9.88 Å². The van der Waals surface area contributed by atoms with Crippen molar-refractivity contribution in [2.75, 3.05) is 14.2 Å². The number of rotatable bonds is 6. The highest BCUT2D eigenvalue weighted by Gasteiger charge is 2.38. The first-order valence-corrected chi connectivity index (χ1v) is 10.2. The minimum Gasteiger partial charge on any atom is -0.497 e. The van der Waals surface area contributed by atoms with E-state index in [4.69, 9.17) is 9.47 Å². The Balaban J connectivity index is 1.97. The molecule has 2 atom stereocenters. The van der Waals surface area contributed by atoms with Gasteiger partial charge in [0.05, 0.1) is 26.0 Å². The van der Waals surface area contributed by atoms with E-state index in [9.17, 15) is 4.79 Å². The molecule has 0 spiro atoms. The van der Waals surface area contributed by atoms with E-state index in [2.05, 4.69) is 41.9 Å². The largest absolute Gasteiger partial charge is 0.497 e. The molecule has 1 aliphatic rings. The molecule has 0 aliphatic carbocycles. The molecule has 0 radical (unpaired) electrons. The summed E-state index contributed by atoms with van der Waals surface area (Å²) in [7, 11) is 3.34. The van der Waals surface area contributed by atoms with Crippen molar-refractivity contribution < 1.29 is 14.3 Å². The lowest BCUT2D eigenvalue weighted by molar-refractivity contribution is -0.131. The van der Waals surface area contributed by atoms with Gasteiger partial charge >= 0.3 is 0 Å². The number of H-pyrrole nitrogens is 1. The van der Waals surface area contributed by atoms with Gasteiger partial charge in [-0.15, -0.1) is 0 Å². The number of nitrogens with one attached hydrogen (secondary N) is 1. The molecule has 2 aromatic carbocycles. The monoisotopic (exact) mass is 392 g/mol. The van der Waals surface area contributed by atoms with Gasteiger partial charge in [0.2, 0.25) is 5.91 Å². The SMILES string of the molecule is CC[C@@H](C)N1C(=O)CC[C@H]1c1c(-c2cc(OC)ccc2OC)[nH]c2ccccc12. The number of ether oxygens (including phenoxy) is 2. The number of hydrogen-bond donors (Lipinski definition) is 1. The van der Waals surface area contributed by atoms with Gasteiger partial charge in [-0.05, 0) is 44.0 Å². The number of hydrogen-bond acceptors (Lipinski definition) is 3. The predicted octanol–water partition coefficient (Wildman–Crippen LogP) is 5.31. The highest BCUT2D eigenvalue weighted by molar-refractivity contribution is 5.94. The Kier molecular flexibility index (Phi) is 5.22. The highest BCUT2D eigenvalue weighted by atomic mass is 16.5. The van der Waals surface area contributed by atoms with Gasteiger partial charge < -0.3 is 19.4 Å².